The molecule has 5 nitrogen and oxygen atoms in total. The maximum absolute atomic E-state index is 14.1. The molecule has 2 aromatic heterocycles. The van der Waals surface area contributed by atoms with Crippen molar-refractivity contribution < 1.29 is 23.4 Å². The number of aromatic nitrogens is 3. The molecule has 0 bridgehead atoms. The van der Waals surface area contributed by atoms with Crippen LogP contribution < -0.4 is 0 Å². The quantitative estimate of drug-likeness (QED) is 0.661. The van der Waals surface area contributed by atoms with Gasteiger partial charge in [-0.1, -0.05) is 24.6 Å². The van der Waals surface area contributed by atoms with Crippen LogP contribution in [0.25, 0.3) is 11.0 Å². The molecule has 3 aromatic rings. The maximum atomic E-state index is 14.1. The third kappa shape index (κ3) is 3.15. The number of rotatable bonds is 5. The summed E-state index contributed by atoms with van der Waals surface area (Å²) >= 11 is 6.03. The van der Waals surface area contributed by atoms with E-state index < -0.39 is 23.6 Å². The number of nitrogens with zero attached hydrogens (tertiary/aromatic N) is 3. The SMILES string of the molecule is CCc1nn(Cc2c(F)cccc2Cl)c2cc(C(F)(F)C(O)O)cnc12. The van der Waals surface area contributed by atoms with Gasteiger partial charge >= 0.3 is 5.92 Å². The second kappa shape index (κ2) is 6.86. The summed E-state index contributed by atoms with van der Waals surface area (Å²) in [4.78, 5) is 4.00. The standard InChI is InChI=1S/C17H15ClF3N3O2/c1-2-13-15-14(6-9(7-22-15)17(20,21)16(25)26)24(23-13)8-10-11(18)4-3-5-12(10)19/h3-7,16,25-26H,2,8H2,1H3. The minimum Gasteiger partial charge on any atom is -0.363 e. The van der Waals surface area contributed by atoms with Gasteiger partial charge in [-0.05, 0) is 24.6 Å². The molecule has 0 unspecified atom stereocenters. The predicted octanol–water partition coefficient (Wildman–Crippen LogP) is 3.24. The molecule has 2 N–H and O–H groups in total. The fraction of sp³-hybridized carbons (Fsp3) is 0.294. The molecule has 138 valence electrons. The first-order chi connectivity index (χ1) is 12.3. The van der Waals surface area contributed by atoms with Crippen LogP contribution in [0.3, 0.4) is 0 Å². The minimum absolute atomic E-state index is 0.0829. The first kappa shape index (κ1) is 18.6. The lowest BCUT2D eigenvalue weighted by Crippen LogP contribution is -2.30. The van der Waals surface area contributed by atoms with Crippen molar-refractivity contribution in [2.24, 2.45) is 0 Å². The number of fused-ring (bicyclic) bond motifs is 1. The summed E-state index contributed by atoms with van der Waals surface area (Å²) in [6.45, 7) is 1.74. The number of halogens is 4. The first-order valence-corrected chi connectivity index (χ1v) is 8.16. The number of alkyl halides is 2. The topological polar surface area (TPSA) is 71.2 Å². The third-order valence-corrected chi connectivity index (χ3v) is 4.43. The second-order valence-corrected chi connectivity index (χ2v) is 6.15. The second-order valence-electron chi connectivity index (χ2n) is 5.75. The smallest absolute Gasteiger partial charge is 0.324 e. The average Bonchev–Trinajstić information content (AvgIpc) is 2.95. The molecular formula is C17H15ClF3N3O2. The summed E-state index contributed by atoms with van der Waals surface area (Å²) in [5.74, 6) is -4.45. The lowest BCUT2D eigenvalue weighted by molar-refractivity contribution is -0.214. The zero-order chi connectivity index (χ0) is 19.1. The fourth-order valence-electron chi connectivity index (χ4n) is 2.64. The van der Waals surface area contributed by atoms with Gasteiger partial charge in [0.1, 0.15) is 11.3 Å². The average molecular weight is 386 g/mol. The van der Waals surface area contributed by atoms with Gasteiger partial charge in [0.15, 0.2) is 0 Å². The summed E-state index contributed by atoms with van der Waals surface area (Å²) < 4.78 is 43.3. The molecule has 0 saturated heterocycles. The highest BCUT2D eigenvalue weighted by Gasteiger charge is 2.40. The Bertz CT molecular complexity index is 940. The van der Waals surface area contributed by atoms with Crippen molar-refractivity contribution in [2.45, 2.75) is 32.1 Å². The first-order valence-electron chi connectivity index (χ1n) is 7.78. The van der Waals surface area contributed by atoms with E-state index in [1.807, 2.05) is 6.92 Å². The van der Waals surface area contributed by atoms with Gasteiger partial charge in [-0.2, -0.15) is 13.9 Å². The molecule has 0 amide bonds. The predicted molar refractivity (Wildman–Crippen MR) is 89.5 cm³/mol. The Kier molecular flexibility index (Phi) is 4.92. The highest BCUT2D eigenvalue weighted by molar-refractivity contribution is 6.31. The molecular weight excluding hydrogens is 371 g/mol. The van der Waals surface area contributed by atoms with Crippen LogP contribution in [-0.4, -0.2) is 31.3 Å². The van der Waals surface area contributed by atoms with Crippen LogP contribution in [0.1, 0.15) is 23.7 Å². The Hall–Kier alpha value is -2.16. The molecule has 1 aromatic carbocycles. The van der Waals surface area contributed by atoms with Crippen LogP contribution in [0, 0.1) is 5.82 Å². The third-order valence-electron chi connectivity index (χ3n) is 4.07. The highest BCUT2D eigenvalue weighted by Crippen LogP contribution is 2.33. The van der Waals surface area contributed by atoms with Crippen molar-refractivity contribution in [3.05, 3.63) is 58.1 Å². The van der Waals surface area contributed by atoms with Crippen LogP contribution in [0.4, 0.5) is 13.2 Å². The molecule has 0 aliphatic rings. The number of hydrogen-bond donors (Lipinski definition) is 2. The van der Waals surface area contributed by atoms with E-state index in [-0.39, 0.29) is 22.6 Å². The summed E-state index contributed by atoms with van der Waals surface area (Å²) in [7, 11) is 0. The molecule has 0 saturated carbocycles. The number of aliphatic hydroxyl groups is 2. The molecule has 0 radical (unpaired) electrons. The summed E-state index contributed by atoms with van der Waals surface area (Å²) in [5, 5.41) is 22.3. The Morgan fingerprint density at radius 1 is 1.31 bits per heavy atom. The van der Waals surface area contributed by atoms with Crippen LogP contribution >= 0.6 is 11.6 Å². The van der Waals surface area contributed by atoms with Gasteiger partial charge in [-0.3, -0.25) is 9.67 Å². The van der Waals surface area contributed by atoms with Gasteiger partial charge in [-0.15, -0.1) is 0 Å². The monoisotopic (exact) mass is 385 g/mol. The Balaban J connectivity index is 2.16. The van der Waals surface area contributed by atoms with E-state index in [9.17, 15) is 13.2 Å². The van der Waals surface area contributed by atoms with Crippen molar-refractivity contribution >= 4 is 22.6 Å². The molecule has 26 heavy (non-hydrogen) atoms. The zero-order valence-corrected chi connectivity index (χ0v) is 14.4. The maximum Gasteiger partial charge on any atom is 0.324 e. The molecule has 2 heterocycles. The summed E-state index contributed by atoms with van der Waals surface area (Å²) in [6.07, 6.45) is -1.51. The van der Waals surface area contributed by atoms with Gasteiger partial charge in [0.2, 0.25) is 6.29 Å². The van der Waals surface area contributed by atoms with E-state index in [1.165, 1.54) is 22.9 Å². The van der Waals surface area contributed by atoms with Gasteiger partial charge in [0.25, 0.3) is 0 Å². The van der Waals surface area contributed by atoms with E-state index in [1.54, 1.807) is 0 Å². The highest BCUT2D eigenvalue weighted by atomic mass is 35.5. The summed E-state index contributed by atoms with van der Waals surface area (Å²) in [6, 6.07) is 5.30. The van der Waals surface area contributed by atoms with E-state index in [2.05, 4.69) is 10.1 Å². The zero-order valence-electron chi connectivity index (χ0n) is 13.6. The van der Waals surface area contributed by atoms with E-state index in [0.29, 0.717) is 17.6 Å². The molecule has 0 aliphatic heterocycles. The van der Waals surface area contributed by atoms with Crippen molar-refractivity contribution in [3.8, 4) is 0 Å². The van der Waals surface area contributed by atoms with Crippen LogP contribution in [0.5, 0.6) is 0 Å². The van der Waals surface area contributed by atoms with Gasteiger partial charge in [0.05, 0.1) is 17.8 Å². The van der Waals surface area contributed by atoms with Crippen molar-refractivity contribution in [1.29, 1.82) is 0 Å². The van der Waals surface area contributed by atoms with Crippen molar-refractivity contribution in [3.63, 3.8) is 0 Å². The van der Waals surface area contributed by atoms with Crippen LogP contribution in [-0.2, 0) is 18.9 Å². The lowest BCUT2D eigenvalue weighted by Gasteiger charge is -2.18. The molecule has 3 rings (SSSR count). The summed E-state index contributed by atoms with van der Waals surface area (Å²) in [5.41, 5.74) is 0.641. The lowest BCUT2D eigenvalue weighted by atomic mass is 10.1. The molecule has 0 spiro atoms. The van der Waals surface area contributed by atoms with Crippen LogP contribution in [0.2, 0.25) is 5.02 Å². The number of aliphatic hydroxyl groups excluding tert-OH is 1. The van der Waals surface area contributed by atoms with E-state index in [4.69, 9.17) is 21.8 Å². The van der Waals surface area contributed by atoms with Crippen LogP contribution in [0.15, 0.2) is 30.5 Å². The number of pyridine rings is 1. The largest absolute Gasteiger partial charge is 0.363 e. The number of benzene rings is 1. The van der Waals surface area contributed by atoms with E-state index in [0.717, 1.165) is 12.3 Å². The number of aryl methyl sites for hydroxylation is 1. The minimum atomic E-state index is -3.90. The normalized spacial score (nSPS) is 12.3. The Morgan fingerprint density at radius 3 is 2.65 bits per heavy atom. The Labute approximate surface area is 151 Å². The van der Waals surface area contributed by atoms with Gasteiger partial charge < -0.3 is 10.2 Å². The molecule has 0 fully saturated rings. The fourth-order valence-corrected chi connectivity index (χ4v) is 2.87. The van der Waals surface area contributed by atoms with Gasteiger partial charge in [-0.25, -0.2) is 4.39 Å². The molecule has 9 heteroatoms. The Morgan fingerprint density at radius 2 is 2.04 bits per heavy atom. The van der Waals surface area contributed by atoms with E-state index >= 15 is 0 Å². The van der Waals surface area contributed by atoms with Crippen molar-refractivity contribution in [1.82, 2.24) is 14.8 Å². The van der Waals surface area contributed by atoms with Crippen molar-refractivity contribution in [2.75, 3.05) is 0 Å². The van der Waals surface area contributed by atoms with Gasteiger partial charge in [0, 0.05) is 22.3 Å². The number of hydrogen-bond acceptors (Lipinski definition) is 4. The molecule has 0 atom stereocenters. The molecule has 0 aliphatic carbocycles.